The van der Waals surface area contributed by atoms with Crippen molar-refractivity contribution in [2.24, 2.45) is 0 Å². The Morgan fingerprint density at radius 3 is 2.58 bits per heavy atom. The molecule has 2 aromatic rings. The van der Waals surface area contributed by atoms with Crippen LogP contribution in [0, 0.1) is 0 Å². The van der Waals surface area contributed by atoms with Gasteiger partial charge in [0.2, 0.25) is 11.8 Å². The van der Waals surface area contributed by atoms with E-state index < -0.39 is 29.3 Å². The van der Waals surface area contributed by atoms with Crippen LogP contribution in [0.4, 0.5) is 20.2 Å². The number of hydrogen-bond acceptors (Lipinski definition) is 6. The summed E-state index contributed by atoms with van der Waals surface area (Å²) in [5.74, 6) is -6.57. The van der Waals surface area contributed by atoms with Gasteiger partial charge in [0.05, 0.1) is 11.4 Å². The first-order valence-electron chi connectivity index (χ1n) is 10.2. The number of carbonyl (C=O) groups is 4. The maximum Gasteiger partial charge on any atom is 0.349 e. The summed E-state index contributed by atoms with van der Waals surface area (Å²) in [6.07, 6.45) is 0.375. The van der Waals surface area contributed by atoms with Crippen LogP contribution in [-0.2, 0) is 33.4 Å². The predicted molar refractivity (Wildman–Crippen MR) is 113 cm³/mol. The standard InChI is InChI=1S/C22H21F2N5O4/c23-22(24,13-2-4-15(25)16(26)8-13)21(33)27-9-11-1-3-14-12(7-11)10-29(20(14)32)17-5-6-18(30)28-19(17)31/h1-4,7-8,17H,5-6,9-10,25-26H2,(H,27,33)(H,28,30,31). The monoisotopic (exact) mass is 457 g/mol. The molecule has 1 saturated heterocycles. The lowest BCUT2D eigenvalue weighted by Crippen LogP contribution is -2.52. The Hall–Kier alpha value is -4.02. The van der Waals surface area contributed by atoms with E-state index in [9.17, 15) is 28.0 Å². The van der Waals surface area contributed by atoms with Crippen LogP contribution in [0.15, 0.2) is 36.4 Å². The lowest BCUT2D eigenvalue weighted by molar-refractivity contribution is -0.147. The highest BCUT2D eigenvalue weighted by Gasteiger charge is 2.41. The minimum Gasteiger partial charge on any atom is -0.397 e. The summed E-state index contributed by atoms with van der Waals surface area (Å²) in [5, 5.41) is 4.43. The molecule has 0 spiro atoms. The first-order chi connectivity index (χ1) is 15.6. The minimum atomic E-state index is -3.82. The van der Waals surface area contributed by atoms with Gasteiger partial charge in [-0.15, -0.1) is 0 Å². The van der Waals surface area contributed by atoms with Crippen LogP contribution in [0.25, 0.3) is 0 Å². The second-order valence-corrected chi connectivity index (χ2v) is 7.99. The molecule has 2 aliphatic heterocycles. The highest BCUT2D eigenvalue weighted by molar-refractivity contribution is 6.05. The summed E-state index contributed by atoms with van der Waals surface area (Å²) in [6.45, 7) is -0.0537. The van der Waals surface area contributed by atoms with Crippen molar-refractivity contribution in [3.63, 3.8) is 0 Å². The Labute approximate surface area is 187 Å². The Balaban J connectivity index is 1.44. The normalized spacial score (nSPS) is 18.2. The Morgan fingerprint density at radius 2 is 1.88 bits per heavy atom. The summed E-state index contributed by atoms with van der Waals surface area (Å²) in [7, 11) is 0. The van der Waals surface area contributed by atoms with Gasteiger partial charge in [0, 0.05) is 30.6 Å². The van der Waals surface area contributed by atoms with Crippen LogP contribution < -0.4 is 22.1 Å². The van der Waals surface area contributed by atoms with E-state index in [1.807, 2.05) is 0 Å². The number of carbonyl (C=O) groups excluding carboxylic acids is 4. The number of nitrogen functional groups attached to an aromatic ring is 2. The molecule has 0 saturated carbocycles. The van der Waals surface area contributed by atoms with Crippen LogP contribution in [0.1, 0.15) is 39.9 Å². The molecule has 2 aromatic carbocycles. The molecule has 9 nitrogen and oxygen atoms in total. The number of imide groups is 1. The summed E-state index contributed by atoms with van der Waals surface area (Å²) >= 11 is 0. The van der Waals surface area contributed by atoms with Crippen molar-refractivity contribution in [2.75, 3.05) is 11.5 Å². The molecular formula is C22H21F2N5O4. The van der Waals surface area contributed by atoms with Crippen LogP contribution in [0.5, 0.6) is 0 Å². The number of nitrogens with zero attached hydrogens (tertiary/aromatic N) is 1. The van der Waals surface area contributed by atoms with Crippen molar-refractivity contribution >= 4 is 35.0 Å². The molecule has 4 amide bonds. The lowest BCUT2D eigenvalue weighted by Gasteiger charge is -2.29. The first kappa shape index (κ1) is 22.2. The van der Waals surface area contributed by atoms with Gasteiger partial charge in [-0.2, -0.15) is 8.78 Å². The van der Waals surface area contributed by atoms with Crippen LogP contribution >= 0.6 is 0 Å². The Morgan fingerprint density at radius 1 is 1.12 bits per heavy atom. The molecule has 0 aromatic heterocycles. The molecule has 33 heavy (non-hydrogen) atoms. The molecule has 1 atom stereocenters. The van der Waals surface area contributed by atoms with E-state index in [-0.39, 0.29) is 49.1 Å². The first-order valence-corrected chi connectivity index (χ1v) is 10.2. The Bertz CT molecular complexity index is 1180. The molecule has 6 N–H and O–H groups in total. The third kappa shape index (κ3) is 4.09. The van der Waals surface area contributed by atoms with Crippen molar-refractivity contribution in [3.05, 3.63) is 58.7 Å². The number of amides is 4. The number of nitrogens with one attached hydrogen (secondary N) is 2. The predicted octanol–water partition coefficient (Wildman–Crippen LogP) is 1.02. The largest absolute Gasteiger partial charge is 0.397 e. The van der Waals surface area contributed by atoms with E-state index in [1.165, 1.54) is 17.0 Å². The summed E-state index contributed by atoms with van der Waals surface area (Å²) in [4.78, 5) is 49.8. The van der Waals surface area contributed by atoms with E-state index >= 15 is 0 Å². The maximum absolute atomic E-state index is 14.5. The molecule has 0 radical (unpaired) electrons. The molecule has 172 valence electrons. The van der Waals surface area contributed by atoms with Gasteiger partial charge >= 0.3 is 5.92 Å². The van der Waals surface area contributed by atoms with Crippen molar-refractivity contribution in [2.45, 2.75) is 37.9 Å². The fraction of sp³-hybridized carbons (Fsp3) is 0.273. The number of piperidine rings is 1. The van der Waals surface area contributed by atoms with Crippen molar-refractivity contribution in [3.8, 4) is 0 Å². The highest BCUT2D eigenvalue weighted by Crippen LogP contribution is 2.32. The van der Waals surface area contributed by atoms with Crippen molar-refractivity contribution in [1.29, 1.82) is 0 Å². The number of alkyl halides is 2. The third-order valence-electron chi connectivity index (χ3n) is 5.78. The van der Waals surface area contributed by atoms with Gasteiger partial charge in [0.25, 0.3) is 11.8 Å². The summed E-state index contributed by atoms with van der Waals surface area (Å²) < 4.78 is 29.1. The molecule has 1 fully saturated rings. The molecule has 0 bridgehead atoms. The zero-order chi connectivity index (χ0) is 23.9. The van der Waals surface area contributed by atoms with Crippen molar-refractivity contribution < 1.29 is 28.0 Å². The fourth-order valence-corrected chi connectivity index (χ4v) is 3.93. The fourth-order valence-electron chi connectivity index (χ4n) is 3.93. The van der Waals surface area contributed by atoms with E-state index in [1.54, 1.807) is 12.1 Å². The second-order valence-electron chi connectivity index (χ2n) is 7.99. The average molecular weight is 457 g/mol. The number of benzene rings is 2. The molecule has 4 rings (SSSR count). The van der Waals surface area contributed by atoms with Crippen LogP contribution in [-0.4, -0.2) is 34.6 Å². The van der Waals surface area contributed by atoms with E-state index in [0.29, 0.717) is 16.7 Å². The molecular weight excluding hydrogens is 436 g/mol. The number of rotatable bonds is 5. The molecule has 2 heterocycles. The van der Waals surface area contributed by atoms with Crippen LogP contribution in [0.3, 0.4) is 0 Å². The number of nitrogens with two attached hydrogens (primary N) is 2. The molecule has 2 aliphatic rings. The van der Waals surface area contributed by atoms with Gasteiger partial charge in [0.1, 0.15) is 6.04 Å². The highest BCUT2D eigenvalue weighted by atomic mass is 19.3. The smallest absolute Gasteiger partial charge is 0.349 e. The zero-order valence-electron chi connectivity index (χ0n) is 17.4. The van der Waals surface area contributed by atoms with Gasteiger partial charge in [0.15, 0.2) is 0 Å². The topological polar surface area (TPSA) is 148 Å². The van der Waals surface area contributed by atoms with Gasteiger partial charge in [-0.3, -0.25) is 24.5 Å². The third-order valence-corrected chi connectivity index (χ3v) is 5.78. The zero-order valence-corrected chi connectivity index (χ0v) is 17.4. The molecule has 1 unspecified atom stereocenters. The quantitative estimate of drug-likeness (QED) is 0.389. The van der Waals surface area contributed by atoms with Crippen molar-refractivity contribution in [1.82, 2.24) is 15.5 Å². The maximum atomic E-state index is 14.5. The Kier molecular flexibility index (Phi) is 5.48. The summed E-state index contributed by atoms with van der Waals surface area (Å²) in [6, 6.07) is 7.15. The lowest BCUT2D eigenvalue weighted by atomic mass is 10.0. The SMILES string of the molecule is Nc1ccc(C(F)(F)C(=O)NCc2ccc3c(c2)CN(C2CCC(=O)NC2=O)C3=O)cc1N. The van der Waals surface area contributed by atoms with E-state index in [0.717, 1.165) is 12.1 Å². The van der Waals surface area contributed by atoms with E-state index in [4.69, 9.17) is 11.5 Å². The average Bonchev–Trinajstić information content (AvgIpc) is 3.09. The summed E-state index contributed by atoms with van der Waals surface area (Å²) in [5.41, 5.74) is 12.1. The van der Waals surface area contributed by atoms with Gasteiger partial charge in [-0.25, -0.2) is 0 Å². The van der Waals surface area contributed by atoms with Crippen LogP contribution in [0.2, 0.25) is 0 Å². The number of anilines is 2. The second kappa shape index (κ2) is 8.15. The van der Waals surface area contributed by atoms with Gasteiger partial charge in [-0.1, -0.05) is 18.2 Å². The van der Waals surface area contributed by atoms with Gasteiger partial charge in [-0.05, 0) is 35.7 Å². The number of hydrogen-bond donors (Lipinski definition) is 4. The van der Waals surface area contributed by atoms with Gasteiger partial charge < -0.3 is 21.7 Å². The number of fused-ring (bicyclic) bond motifs is 1. The van der Waals surface area contributed by atoms with E-state index in [2.05, 4.69) is 10.6 Å². The molecule has 0 aliphatic carbocycles. The number of halogens is 2. The minimum absolute atomic E-state index is 0.0520. The molecule has 11 heteroatoms.